The smallest absolute Gasteiger partial charge is 0.271 e. The van der Waals surface area contributed by atoms with Gasteiger partial charge >= 0.3 is 0 Å². The van der Waals surface area contributed by atoms with Crippen LogP contribution >= 0.6 is 11.6 Å². The summed E-state index contributed by atoms with van der Waals surface area (Å²) in [6.45, 7) is 2.42. The summed E-state index contributed by atoms with van der Waals surface area (Å²) >= 11 is 6.48. The molecule has 6 nitrogen and oxygen atoms in total. The highest BCUT2D eigenvalue weighted by molar-refractivity contribution is 6.32. The number of ether oxygens (including phenoxy) is 2. The first-order chi connectivity index (χ1) is 19.5. The average molecular weight is 550 g/mol. The van der Waals surface area contributed by atoms with Crippen LogP contribution in [-0.4, -0.2) is 23.8 Å². The molecule has 0 aliphatic rings. The van der Waals surface area contributed by atoms with Crippen molar-refractivity contribution in [3.8, 4) is 28.4 Å². The van der Waals surface area contributed by atoms with E-state index in [9.17, 15) is 4.79 Å². The summed E-state index contributed by atoms with van der Waals surface area (Å²) in [6.07, 6.45) is 1.51. The summed E-state index contributed by atoms with van der Waals surface area (Å²) in [6, 6.07) is 35.1. The van der Waals surface area contributed by atoms with Gasteiger partial charge in [0.25, 0.3) is 5.91 Å². The zero-order valence-electron chi connectivity index (χ0n) is 22.2. The molecule has 4 aromatic carbocycles. The molecule has 1 heterocycles. The minimum atomic E-state index is -0.323. The lowest BCUT2D eigenvalue weighted by Gasteiger charge is -2.13. The quantitative estimate of drug-likeness (QED) is 0.153. The standard InChI is InChI=1S/C33H28ClN3O3/c1-23-13-18-30(26-11-7-4-8-12-26)37(23)28-16-14-27(15-17-28)33(38)36-35-21-25-19-29(34)32(31(20-25)39-2)40-22-24-9-5-3-6-10-24/h3-21H,22H2,1-2H3,(H,36,38)/b35-21+. The van der Waals surface area contributed by atoms with Crippen molar-refractivity contribution in [3.05, 3.63) is 137 Å². The first kappa shape index (κ1) is 26.8. The Morgan fingerprint density at radius 2 is 1.62 bits per heavy atom. The molecule has 1 N–H and O–H groups in total. The van der Waals surface area contributed by atoms with Gasteiger partial charge in [-0.2, -0.15) is 5.10 Å². The van der Waals surface area contributed by atoms with E-state index in [4.69, 9.17) is 21.1 Å². The molecular weight excluding hydrogens is 522 g/mol. The third-order valence-electron chi connectivity index (χ3n) is 6.39. The maximum Gasteiger partial charge on any atom is 0.271 e. The van der Waals surface area contributed by atoms with Crippen molar-refractivity contribution >= 4 is 23.7 Å². The normalized spacial score (nSPS) is 11.0. The van der Waals surface area contributed by atoms with Crippen LogP contribution in [0.1, 0.15) is 27.2 Å². The van der Waals surface area contributed by atoms with Crippen molar-refractivity contribution < 1.29 is 14.3 Å². The Morgan fingerprint density at radius 1 is 0.925 bits per heavy atom. The minimum absolute atomic E-state index is 0.323. The van der Waals surface area contributed by atoms with E-state index >= 15 is 0 Å². The molecule has 0 radical (unpaired) electrons. The molecule has 1 aromatic heterocycles. The van der Waals surface area contributed by atoms with Crippen molar-refractivity contribution in [1.82, 2.24) is 9.99 Å². The van der Waals surface area contributed by atoms with E-state index in [0.717, 1.165) is 28.2 Å². The van der Waals surface area contributed by atoms with Gasteiger partial charge < -0.3 is 14.0 Å². The Labute approximate surface area is 238 Å². The maximum absolute atomic E-state index is 12.7. The molecule has 1 amide bonds. The van der Waals surface area contributed by atoms with Gasteiger partial charge in [0, 0.05) is 16.9 Å². The number of aromatic nitrogens is 1. The lowest BCUT2D eigenvalue weighted by Crippen LogP contribution is -2.17. The molecule has 0 spiro atoms. The molecule has 0 fully saturated rings. The Kier molecular flexibility index (Phi) is 8.28. The molecule has 0 aliphatic heterocycles. The topological polar surface area (TPSA) is 64.8 Å². The minimum Gasteiger partial charge on any atom is -0.493 e. The van der Waals surface area contributed by atoms with E-state index < -0.39 is 0 Å². The number of amides is 1. The number of nitrogens with zero attached hydrogens (tertiary/aromatic N) is 2. The predicted molar refractivity (Wildman–Crippen MR) is 160 cm³/mol. The highest BCUT2D eigenvalue weighted by atomic mass is 35.5. The second-order valence-electron chi connectivity index (χ2n) is 9.12. The molecule has 0 unspecified atom stereocenters. The molecule has 0 saturated carbocycles. The fourth-order valence-corrected chi connectivity index (χ4v) is 4.67. The predicted octanol–water partition coefficient (Wildman–Crippen LogP) is 7.46. The van der Waals surface area contributed by atoms with Gasteiger partial charge in [0.05, 0.1) is 24.0 Å². The summed E-state index contributed by atoms with van der Waals surface area (Å²) in [5, 5.41) is 4.50. The van der Waals surface area contributed by atoms with Crippen LogP contribution in [0.3, 0.4) is 0 Å². The van der Waals surface area contributed by atoms with Gasteiger partial charge in [-0.05, 0) is 72.1 Å². The molecule has 0 bridgehead atoms. The average Bonchev–Trinajstić information content (AvgIpc) is 3.38. The number of aryl methyl sites for hydroxylation is 1. The first-order valence-electron chi connectivity index (χ1n) is 12.8. The number of rotatable bonds is 9. The van der Waals surface area contributed by atoms with Gasteiger partial charge in [-0.3, -0.25) is 4.79 Å². The van der Waals surface area contributed by atoms with E-state index in [2.05, 4.69) is 46.3 Å². The number of carbonyl (C=O) groups excluding carboxylic acids is 1. The molecule has 0 atom stereocenters. The lowest BCUT2D eigenvalue weighted by molar-refractivity contribution is 0.0955. The van der Waals surface area contributed by atoms with Crippen LogP contribution in [-0.2, 0) is 6.61 Å². The number of methoxy groups -OCH3 is 1. The van der Waals surface area contributed by atoms with E-state index in [-0.39, 0.29) is 5.91 Å². The van der Waals surface area contributed by atoms with Crippen LogP contribution in [0.15, 0.2) is 114 Å². The zero-order chi connectivity index (χ0) is 27.9. The summed E-state index contributed by atoms with van der Waals surface area (Å²) < 4.78 is 13.5. The largest absolute Gasteiger partial charge is 0.493 e. The van der Waals surface area contributed by atoms with Crippen molar-refractivity contribution in [1.29, 1.82) is 0 Å². The third-order valence-corrected chi connectivity index (χ3v) is 6.67. The lowest BCUT2D eigenvalue weighted by atomic mass is 10.1. The fraction of sp³-hybridized carbons (Fsp3) is 0.0909. The molecule has 5 aromatic rings. The Hall–Kier alpha value is -4.81. The van der Waals surface area contributed by atoms with Gasteiger partial charge in [-0.1, -0.05) is 72.3 Å². The van der Waals surface area contributed by atoms with E-state index in [1.165, 1.54) is 6.21 Å². The highest BCUT2D eigenvalue weighted by Gasteiger charge is 2.13. The summed E-state index contributed by atoms with van der Waals surface area (Å²) in [5.74, 6) is 0.598. The van der Waals surface area contributed by atoms with Crippen LogP contribution in [0.5, 0.6) is 11.5 Å². The number of carbonyl (C=O) groups is 1. The van der Waals surface area contributed by atoms with Crippen LogP contribution in [0.2, 0.25) is 5.02 Å². The van der Waals surface area contributed by atoms with Crippen LogP contribution in [0.4, 0.5) is 0 Å². The number of hydrazone groups is 1. The molecule has 7 heteroatoms. The summed E-state index contributed by atoms with van der Waals surface area (Å²) in [7, 11) is 1.55. The van der Waals surface area contributed by atoms with Gasteiger partial charge in [-0.25, -0.2) is 5.43 Å². The van der Waals surface area contributed by atoms with Crippen LogP contribution in [0, 0.1) is 6.92 Å². The molecule has 5 rings (SSSR count). The number of benzene rings is 4. The van der Waals surface area contributed by atoms with Crippen molar-refractivity contribution in [2.45, 2.75) is 13.5 Å². The van der Waals surface area contributed by atoms with Crippen LogP contribution in [0.25, 0.3) is 16.9 Å². The summed E-state index contributed by atoms with van der Waals surface area (Å²) in [5.41, 5.74) is 9.03. The fourth-order valence-electron chi connectivity index (χ4n) is 4.39. The summed E-state index contributed by atoms with van der Waals surface area (Å²) in [4.78, 5) is 12.7. The Bertz CT molecular complexity index is 1630. The molecule has 0 aliphatic carbocycles. The molecular formula is C33H28ClN3O3. The van der Waals surface area contributed by atoms with Gasteiger partial charge in [0.1, 0.15) is 6.61 Å². The van der Waals surface area contributed by atoms with E-state index in [0.29, 0.717) is 34.3 Å². The Morgan fingerprint density at radius 3 is 2.33 bits per heavy atom. The Balaban J connectivity index is 1.25. The second kappa shape index (κ2) is 12.4. The van der Waals surface area contributed by atoms with Gasteiger partial charge in [-0.15, -0.1) is 0 Å². The molecule has 40 heavy (non-hydrogen) atoms. The van der Waals surface area contributed by atoms with Crippen LogP contribution < -0.4 is 14.9 Å². The van der Waals surface area contributed by atoms with E-state index in [1.807, 2.05) is 60.7 Å². The zero-order valence-corrected chi connectivity index (χ0v) is 22.9. The first-order valence-corrected chi connectivity index (χ1v) is 13.1. The number of halogens is 1. The number of hydrogen-bond donors (Lipinski definition) is 1. The van der Waals surface area contributed by atoms with Crippen molar-refractivity contribution in [2.24, 2.45) is 5.10 Å². The number of hydrogen-bond acceptors (Lipinski definition) is 4. The second-order valence-corrected chi connectivity index (χ2v) is 9.52. The van der Waals surface area contributed by atoms with E-state index in [1.54, 1.807) is 31.4 Å². The van der Waals surface area contributed by atoms with Crippen molar-refractivity contribution in [2.75, 3.05) is 7.11 Å². The monoisotopic (exact) mass is 549 g/mol. The number of nitrogens with one attached hydrogen (secondary N) is 1. The van der Waals surface area contributed by atoms with Gasteiger partial charge in [0.15, 0.2) is 11.5 Å². The third kappa shape index (κ3) is 6.08. The van der Waals surface area contributed by atoms with Crippen molar-refractivity contribution in [3.63, 3.8) is 0 Å². The molecule has 200 valence electrons. The maximum atomic E-state index is 12.7. The van der Waals surface area contributed by atoms with Gasteiger partial charge in [0.2, 0.25) is 0 Å². The SMILES string of the molecule is COc1cc(/C=N/NC(=O)c2ccc(-n3c(C)ccc3-c3ccccc3)cc2)cc(Cl)c1OCc1ccccc1. The molecule has 0 saturated heterocycles. The highest BCUT2D eigenvalue weighted by Crippen LogP contribution is 2.36.